The molecule has 0 aliphatic heterocycles. The molecule has 0 unspecified atom stereocenters. The van der Waals surface area contributed by atoms with Gasteiger partial charge >= 0.3 is 0 Å². The third kappa shape index (κ3) is 3.19. The van der Waals surface area contributed by atoms with E-state index in [-0.39, 0.29) is 0 Å². The van der Waals surface area contributed by atoms with Gasteiger partial charge in [0.15, 0.2) is 0 Å². The van der Waals surface area contributed by atoms with Gasteiger partial charge in [0, 0.05) is 21.5 Å². The van der Waals surface area contributed by atoms with Gasteiger partial charge in [-0.3, -0.25) is 0 Å². The molecule has 0 radical (unpaired) electrons. The van der Waals surface area contributed by atoms with Gasteiger partial charge in [-0.25, -0.2) is 9.97 Å². The molecule has 3 nitrogen and oxygen atoms in total. The quantitative estimate of drug-likeness (QED) is 0.769. The summed E-state index contributed by atoms with van der Waals surface area (Å²) in [7, 11) is 0. The highest BCUT2D eigenvalue weighted by Crippen LogP contribution is 2.39. The molecule has 1 aliphatic carbocycles. The molecule has 1 aromatic heterocycles. The van der Waals surface area contributed by atoms with Crippen LogP contribution in [-0.2, 0) is 0 Å². The summed E-state index contributed by atoms with van der Waals surface area (Å²) in [4.78, 5) is 8.75. The normalized spacial score (nSPS) is 14.5. The van der Waals surface area contributed by atoms with Crippen LogP contribution in [0.5, 0.6) is 0 Å². The van der Waals surface area contributed by atoms with Crippen molar-refractivity contribution in [1.29, 1.82) is 0 Å². The first kappa shape index (κ1) is 13.2. The Morgan fingerprint density at radius 1 is 1.16 bits per heavy atom. The maximum absolute atomic E-state index is 6.03. The Kier molecular flexibility index (Phi) is 3.65. The van der Waals surface area contributed by atoms with Crippen molar-refractivity contribution < 1.29 is 0 Å². The number of rotatable bonds is 3. The number of nitrogens with zero attached hydrogens (tertiary/aromatic N) is 2. The third-order valence-corrected chi connectivity index (χ3v) is 3.97. The summed E-state index contributed by atoms with van der Waals surface area (Å²) in [6, 6.07) is 7.24. The summed E-state index contributed by atoms with van der Waals surface area (Å²) in [5.74, 6) is 1.96. The van der Waals surface area contributed by atoms with Gasteiger partial charge < -0.3 is 5.32 Å². The third-order valence-electron chi connectivity index (χ3n) is 2.85. The Balaban J connectivity index is 1.92. The highest BCUT2D eigenvalue weighted by atomic mass is 79.9. The molecule has 1 N–H and O–H groups in total. The van der Waals surface area contributed by atoms with Gasteiger partial charge in [-0.05, 0) is 47.0 Å². The van der Waals surface area contributed by atoms with E-state index in [1.54, 1.807) is 6.07 Å². The van der Waals surface area contributed by atoms with E-state index in [1.807, 2.05) is 18.2 Å². The molecule has 0 amide bonds. The molecule has 1 heterocycles. The van der Waals surface area contributed by atoms with Crippen LogP contribution < -0.4 is 5.32 Å². The van der Waals surface area contributed by atoms with Crippen molar-refractivity contribution in [3.63, 3.8) is 0 Å². The van der Waals surface area contributed by atoms with Gasteiger partial charge in [0.05, 0.1) is 5.69 Å². The highest BCUT2D eigenvalue weighted by molar-refractivity contribution is 9.10. The van der Waals surface area contributed by atoms with Crippen LogP contribution in [0, 0.1) is 0 Å². The largest absolute Gasteiger partial charge is 0.339 e. The molecule has 0 spiro atoms. The van der Waals surface area contributed by atoms with E-state index in [1.165, 1.54) is 0 Å². The number of nitrogens with one attached hydrogen (secondary N) is 1. The van der Waals surface area contributed by atoms with Crippen LogP contribution in [-0.4, -0.2) is 9.97 Å². The van der Waals surface area contributed by atoms with Gasteiger partial charge in [-0.1, -0.05) is 23.2 Å². The summed E-state index contributed by atoms with van der Waals surface area (Å²) >= 11 is 15.5. The zero-order valence-corrected chi connectivity index (χ0v) is 12.9. The molecule has 0 saturated heterocycles. The van der Waals surface area contributed by atoms with E-state index in [2.05, 4.69) is 31.2 Å². The standard InChI is InChI=1S/C13H10BrCl2N3/c14-9-4-3-8(15)5-10(9)17-12-6-11(16)18-13(19-12)7-1-2-7/h3-7H,1-2H2,(H,17,18,19). The average Bonchev–Trinajstić information content (AvgIpc) is 3.17. The van der Waals surface area contributed by atoms with E-state index >= 15 is 0 Å². The van der Waals surface area contributed by atoms with Crippen molar-refractivity contribution in [2.75, 3.05) is 5.32 Å². The zero-order chi connectivity index (χ0) is 13.4. The lowest BCUT2D eigenvalue weighted by Gasteiger charge is -2.09. The maximum Gasteiger partial charge on any atom is 0.135 e. The first-order valence-electron chi connectivity index (χ1n) is 5.88. The summed E-state index contributed by atoms with van der Waals surface area (Å²) in [6.07, 6.45) is 2.28. The molecule has 19 heavy (non-hydrogen) atoms. The number of halogens is 3. The highest BCUT2D eigenvalue weighted by Gasteiger charge is 2.27. The minimum Gasteiger partial charge on any atom is -0.339 e. The van der Waals surface area contributed by atoms with Crippen LogP contribution in [0.3, 0.4) is 0 Å². The SMILES string of the molecule is Clc1ccc(Br)c(Nc2cc(Cl)nc(C3CC3)n2)c1. The number of anilines is 2. The minimum absolute atomic E-state index is 0.456. The molecule has 3 rings (SSSR count). The predicted octanol–water partition coefficient (Wildman–Crippen LogP) is 5.17. The molecular weight excluding hydrogens is 349 g/mol. The topological polar surface area (TPSA) is 37.8 Å². The summed E-state index contributed by atoms with van der Waals surface area (Å²) in [5.41, 5.74) is 0.851. The second-order valence-corrected chi connectivity index (χ2v) is 6.14. The molecule has 1 aromatic carbocycles. The number of aromatic nitrogens is 2. The second kappa shape index (κ2) is 5.27. The lowest BCUT2D eigenvalue weighted by atomic mass is 10.3. The molecule has 0 bridgehead atoms. The molecule has 1 aliphatic rings. The number of benzene rings is 1. The molecule has 98 valence electrons. The van der Waals surface area contributed by atoms with Crippen molar-refractivity contribution in [2.45, 2.75) is 18.8 Å². The van der Waals surface area contributed by atoms with Crippen molar-refractivity contribution in [3.8, 4) is 0 Å². The van der Waals surface area contributed by atoms with Crippen molar-refractivity contribution in [2.24, 2.45) is 0 Å². The molecule has 2 aromatic rings. The number of hydrogen-bond donors (Lipinski definition) is 1. The van der Waals surface area contributed by atoms with Crippen LogP contribution in [0.25, 0.3) is 0 Å². The van der Waals surface area contributed by atoms with E-state index in [0.717, 1.165) is 28.8 Å². The Morgan fingerprint density at radius 3 is 2.68 bits per heavy atom. The summed E-state index contributed by atoms with van der Waals surface area (Å²) in [5, 5.41) is 4.33. The Bertz CT molecular complexity index is 629. The molecule has 1 saturated carbocycles. The van der Waals surface area contributed by atoms with Crippen LogP contribution in [0.15, 0.2) is 28.7 Å². The Morgan fingerprint density at radius 2 is 1.95 bits per heavy atom. The van der Waals surface area contributed by atoms with Gasteiger partial charge in [0.2, 0.25) is 0 Å². The first-order chi connectivity index (χ1) is 9.11. The Hall–Kier alpha value is -0.840. The maximum atomic E-state index is 6.03. The molecule has 6 heteroatoms. The lowest BCUT2D eigenvalue weighted by Crippen LogP contribution is -2.00. The first-order valence-corrected chi connectivity index (χ1v) is 7.43. The van der Waals surface area contributed by atoms with Crippen molar-refractivity contribution in [1.82, 2.24) is 9.97 Å². The van der Waals surface area contributed by atoms with Crippen LogP contribution in [0.4, 0.5) is 11.5 Å². The zero-order valence-electron chi connectivity index (χ0n) is 9.83. The summed E-state index contributed by atoms with van der Waals surface area (Å²) in [6.45, 7) is 0. The van der Waals surface area contributed by atoms with Crippen molar-refractivity contribution >= 4 is 50.6 Å². The van der Waals surface area contributed by atoms with Crippen LogP contribution in [0.2, 0.25) is 10.2 Å². The van der Waals surface area contributed by atoms with E-state index < -0.39 is 0 Å². The van der Waals surface area contributed by atoms with Crippen LogP contribution in [0.1, 0.15) is 24.6 Å². The van der Waals surface area contributed by atoms with Gasteiger partial charge in [0.1, 0.15) is 16.8 Å². The Labute approximate surface area is 129 Å². The van der Waals surface area contributed by atoms with Gasteiger partial charge in [-0.2, -0.15) is 0 Å². The monoisotopic (exact) mass is 357 g/mol. The van der Waals surface area contributed by atoms with Crippen molar-refractivity contribution in [3.05, 3.63) is 44.7 Å². The predicted molar refractivity (Wildman–Crippen MR) is 81.5 cm³/mol. The fraction of sp³-hybridized carbons (Fsp3) is 0.231. The fourth-order valence-electron chi connectivity index (χ4n) is 1.75. The van der Waals surface area contributed by atoms with Gasteiger partial charge in [-0.15, -0.1) is 0 Å². The summed E-state index contributed by atoms with van der Waals surface area (Å²) < 4.78 is 0.916. The molecule has 1 fully saturated rings. The van der Waals surface area contributed by atoms with E-state index in [9.17, 15) is 0 Å². The minimum atomic E-state index is 0.456. The van der Waals surface area contributed by atoms with E-state index in [0.29, 0.717) is 21.9 Å². The average molecular weight is 359 g/mol. The number of hydrogen-bond acceptors (Lipinski definition) is 3. The fourth-order valence-corrected chi connectivity index (χ4v) is 2.46. The van der Waals surface area contributed by atoms with E-state index in [4.69, 9.17) is 23.2 Å². The van der Waals surface area contributed by atoms with Crippen LogP contribution >= 0.6 is 39.1 Å². The van der Waals surface area contributed by atoms with Gasteiger partial charge in [0.25, 0.3) is 0 Å². The molecular formula is C13H10BrCl2N3. The molecule has 0 atom stereocenters. The lowest BCUT2D eigenvalue weighted by molar-refractivity contribution is 0.930. The second-order valence-electron chi connectivity index (χ2n) is 4.46. The smallest absolute Gasteiger partial charge is 0.135 e.